The van der Waals surface area contributed by atoms with Gasteiger partial charge >= 0.3 is 5.97 Å². The summed E-state index contributed by atoms with van der Waals surface area (Å²) in [6.07, 6.45) is 7.92. The molecule has 0 bridgehead atoms. The highest BCUT2D eigenvalue weighted by Crippen LogP contribution is 2.24. The van der Waals surface area contributed by atoms with Crippen LogP contribution in [0.3, 0.4) is 0 Å². The first-order valence-corrected chi connectivity index (χ1v) is 12.7. The van der Waals surface area contributed by atoms with Crippen LogP contribution in [0.4, 0.5) is 5.69 Å². The molecule has 3 aromatic rings. The number of benzene rings is 3. The van der Waals surface area contributed by atoms with Crippen LogP contribution in [0.5, 0.6) is 5.75 Å². The molecule has 0 N–H and O–H groups in total. The monoisotopic (exact) mass is 537 g/mol. The lowest BCUT2D eigenvalue weighted by Gasteiger charge is -2.09. The van der Waals surface area contributed by atoms with Crippen molar-refractivity contribution in [3.63, 3.8) is 0 Å². The van der Waals surface area contributed by atoms with Crippen LogP contribution in [0.1, 0.15) is 52.7 Å². The van der Waals surface area contributed by atoms with Crippen molar-refractivity contribution >= 4 is 39.7 Å². The zero-order valence-corrected chi connectivity index (χ0v) is 21.0. The van der Waals surface area contributed by atoms with E-state index < -0.39 is 10.9 Å². The summed E-state index contributed by atoms with van der Waals surface area (Å²) in [6, 6.07) is 21.8. The van der Waals surface area contributed by atoms with Crippen LogP contribution in [0.2, 0.25) is 0 Å². The Morgan fingerprint density at radius 3 is 2.26 bits per heavy atom. The minimum atomic E-state index is -0.555. The van der Waals surface area contributed by atoms with Crippen LogP contribution in [0.25, 0.3) is 12.2 Å². The van der Waals surface area contributed by atoms with E-state index in [1.54, 1.807) is 6.07 Å². The number of rotatable bonds is 13. The predicted molar refractivity (Wildman–Crippen MR) is 142 cm³/mol. The normalized spacial score (nSPS) is 10.9. The molecule has 0 saturated carbocycles. The third kappa shape index (κ3) is 8.68. The van der Waals surface area contributed by atoms with Gasteiger partial charge in [-0.05, 0) is 48.2 Å². The number of alkyl halides is 1. The van der Waals surface area contributed by atoms with Crippen molar-refractivity contribution in [3.05, 3.63) is 105 Å². The molecule has 0 aromatic heterocycles. The smallest absolute Gasteiger partial charge is 0.338 e. The third-order valence-electron chi connectivity index (χ3n) is 5.32. The number of ether oxygens (including phenoxy) is 2. The molecule has 0 aliphatic heterocycles. The number of hydrogen-bond donors (Lipinski definition) is 0. The van der Waals surface area contributed by atoms with Crippen molar-refractivity contribution in [2.45, 2.75) is 32.3 Å². The number of carbonyl (C=O) groups excluding carboxylic acids is 1. The van der Waals surface area contributed by atoms with Crippen LogP contribution in [0, 0.1) is 10.1 Å². The number of carbonyl (C=O) groups is 1. The van der Waals surface area contributed by atoms with Gasteiger partial charge in [0.2, 0.25) is 0 Å². The Morgan fingerprint density at radius 2 is 1.57 bits per heavy atom. The minimum Gasteiger partial charge on any atom is -0.489 e. The van der Waals surface area contributed by atoms with E-state index in [1.165, 1.54) is 12.1 Å². The van der Waals surface area contributed by atoms with Crippen molar-refractivity contribution < 1.29 is 19.2 Å². The van der Waals surface area contributed by atoms with Crippen molar-refractivity contribution in [2.24, 2.45) is 0 Å². The van der Waals surface area contributed by atoms with Gasteiger partial charge in [-0.15, -0.1) is 0 Å². The quantitative estimate of drug-likeness (QED) is 0.0564. The van der Waals surface area contributed by atoms with E-state index in [0.29, 0.717) is 17.9 Å². The number of nitro benzene ring substituents is 1. The van der Waals surface area contributed by atoms with Gasteiger partial charge in [0.1, 0.15) is 12.4 Å². The van der Waals surface area contributed by atoms with E-state index >= 15 is 0 Å². The van der Waals surface area contributed by atoms with Crippen molar-refractivity contribution in [2.75, 3.05) is 11.9 Å². The zero-order valence-electron chi connectivity index (χ0n) is 19.4. The Bertz CT molecular complexity index is 1130. The molecule has 3 rings (SSSR count). The molecule has 0 amide bonds. The first-order valence-electron chi connectivity index (χ1n) is 11.5. The number of esters is 1. The number of unbranched alkanes of at least 4 members (excludes halogenated alkanes) is 3. The van der Waals surface area contributed by atoms with E-state index in [-0.39, 0.29) is 17.9 Å². The second-order valence-corrected chi connectivity index (χ2v) is 8.73. The van der Waals surface area contributed by atoms with E-state index in [9.17, 15) is 14.9 Å². The average molecular weight is 538 g/mol. The highest BCUT2D eigenvalue weighted by atomic mass is 79.9. The maximum atomic E-state index is 12.3. The summed E-state index contributed by atoms with van der Waals surface area (Å²) >= 11 is 3.38. The second kappa shape index (κ2) is 14.1. The summed E-state index contributed by atoms with van der Waals surface area (Å²) in [7, 11) is 0. The van der Waals surface area contributed by atoms with Gasteiger partial charge in [0.15, 0.2) is 0 Å². The van der Waals surface area contributed by atoms with Crippen LogP contribution in [-0.4, -0.2) is 22.8 Å². The Balaban J connectivity index is 1.56. The van der Waals surface area contributed by atoms with Crippen LogP contribution < -0.4 is 4.74 Å². The number of nitrogens with zero attached hydrogens (tertiary/aromatic N) is 1. The Labute approximate surface area is 213 Å². The molecular formula is C28H28BrNO5. The molecule has 0 saturated heterocycles. The lowest BCUT2D eigenvalue weighted by Crippen LogP contribution is -2.08. The SMILES string of the molecule is O=C(OCCCCCCBr)c1ccc(COc2ccc(/C=C/c3ccccc3)cc2)c([N+](=O)[O-])c1. The minimum absolute atomic E-state index is 0.0123. The maximum Gasteiger partial charge on any atom is 0.338 e. The van der Waals surface area contributed by atoms with Gasteiger partial charge in [-0.3, -0.25) is 10.1 Å². The standard InChI is InChI=1S/C28H28BrNO5/c29-18-6-1-2-7-19-34-28(31)24-14-15-25(27(20-24)30(32)33)21-35-26-16-12-23(13-17-26)11-10-22-8-4-3-5-9-22/h3-5,8-17,20H,1-2,6-7,18-19,21H2/b11-10+. The molecule has 0 unspecified atom stereocenters. The van der Waals surface area contributed by atoms with Crippen LogP contribution >= 0.6 is 15.9 Å². The summed E-state index contributed by atoms with van der Waals surface area (Å²) in [5, 5.41) is 12.6. The lowest BCUT2D eigenvalue weighted by atomic mass is 10.1. The van der Waals surface area contributed by atoms with Gasteiger partial charge < -0.3 is 9.47 Å². The Morgan fingerprint density at radius 1 is 0.886 bits per heavy atom. The van der Waals surface area contributed by atoms with Crippen LogP contribution in [-0.2, 0) is 11.3 Å². The molecule has 182 valence electrons. The number of nitro groups is 1. The van der Waals surface area contributed by atoms with Crippen molar-refractivity contribution in [1.82, 2.24) is 0 Å². The molecular weight excluding hydrogens is 510 g/mol. The zero-order chi connectivity index (χ0) is 24.9. The Kier molecular flexibility index (Phi) is 10.5. The summed E-state index contributed by atoms with van der Waals surface area (Å²) in [5.41, 5.74) is 2.50. The number of halogens is 1. The third-order valence-corrected chi connectivity index (χ3v) is 5.88. The van der Waals surface area contributed by atoms with Crippen molar-refractivity contribution in [1.29, 1.82) is 0 Å². The molecule has 35 heavy (non-hydrogen) atoms. The van der Waals surface area contributed by atoms with E-state index in [2.05, 4.69) is 15.9 Å². The molecule has 7 heteroatoms. The number of hydrogen-bond acceptors (Lipinski definition) is 5. The highest BCUT2D eigenvalue weighted by Gasteiger charge is 2.19. The molecule has 6 nitrogen and oxygen atoms in total. The summed E-state index contributed by atoms with van der Waals surface area (Å²) in [6.45, 7) is 0.314. The van der Waals surface area contributed by atoms with Gasteiger partial charge in [0.25, 0.3) is 5.69 Å². The maximum absolute atomic E-state index is 12.3. The predicted octanol–water partition coefficient (Wildman–Crippen LogP) is 7.46. The van der Waals surface area contributed by atoms with E-state index in [4.69, 9.17) is 9.47 Å². The second-order valence-electron chi connectivity index (χ2n) is 7.94. The molecule has 0 radical (unpaired) electrons. The van der Waals surface area contributed by atoms with Gasteiger partial charge in [-0.2, -0.15) is 0 Å². The van der Waals surface area contributed by atoms with E-state index in [1.807, 2.05) is 66.7 Å². The fourth-order valence-corrected chi connectivity index (χ4v) is 3.77. The summed E-state index contributed by atoms with van der Waals surface area (Å²) in [4.78, 5) is 23.4. The Hall–Kier alpha value is -3.45. The lowest BCUT2D eigenvalue weighted by molar-refractivity contribution is -0.385. The summed E-state index contributed by atoms with van der Waals surface area (Å²) < 4.78 is 11.0. The topological polar surface area (TPSA) is 78.7 Å². The van der Waals surface area contributed by atoms with Gasteiger partial charge in [0, 0.05) is 11.4 Å². The molecule has 0 spiro atoms. The van der Waals surface area contributed by atoms with Gasteiger partial charge in [0.05, 0.1) is 22.7 Å². The average Bonchev–Trinajstić information content (AvgIpc) is 2.89. The molecule has 0 atom stereocenters. The molecule has 0 aliphatic rings. The highest BCUT2D eigenvalue weighted by molar-refractivity contribution is 9.09. The fraction of sp³-hybridized carbons (Fsp3) is 0.250. The summed E-state index contributed by atoms with van der Waals surface area (Å²) in [5.74, 6) is 0.0414. The van der Waals surface area contributed by atoms with Gasteiger partial charge in [-0.1, -0.05) is 83.4 Å². The van der Waals surface area contributed by atoms with Gasteiger partial charge in [-0.25, -0.2) is 4.79 Å². The largest absolute Gasteiger partial charge is 0.489 e. The van der Waals surface area contributed by atoms with Crippen molar-refractivity contribution in [3.8, 4) is 5.75 Å². The molecule has 0 aliphatic carbocycles. The van der Waals surface area contributed by atoms with Crippen LogP contribution in [0.15, 0.2) is 72.8 Å². The first kappa shape index (κ1) is 26.2. The molecule has 3 aromatic carbocycles. The molecule has 0 heterocycles. The fourth-order valence-electron chi connectivity index (χ4n) is 3.37. The van der Waals surface area contributed by atoms with E-state index in [0.717, 1.165) is 42.1 Å². The molecule has 0 fully saturated rings. The first-order chi connectivity index (χ1) is 17.1.